The van der Waals surface area contributed by atoms with Crippen molar-refractivity contribution in [3.8, 4) is 10.7 Å². The van der Waals surface area contributed by atoms with E-state index in [0.717, 1.165) is 43.4 Å². The number of rotatable bonds is 5. The number of piperazine rings is 1. The highest BCUT2D eigenvalue weighted by Gasteiger charge is 2.23. The number of carbonyl (C=O) groups is 1. The van der Waals surface area contributed by atoms with Crippen molar-refractivity contribution in [3.63, 3.8) is 0 Å². The second-order valence-electron chi connectivity index (χ2n) is 7.06. The Morgan fingerprint density at radius 1 is 1.21 bits per heavy atom. The molecule has 3 heterocycles. The van der Waals surface area contributed by atoms with Crippen LogP contribution in [0.25, 0.3) is 10.7 Å². The molecule has 1 saturated heterocycles. The van der Waals surface area contributed by atoms with Crippen LogP contribution in [0.15, 0.2) is 41.8 Å². The summed E-state index contributed by atoms with van der Waals surface area (Å²) in [6.07, 6.45) is 0. The normalized spacial score (nSPS) is 15.1. The van der Waals surface area contributed by atoms with E-state index in [1.807, 2.05) is 22.4 Å². The lowest BCUT2D eigenvalue weighted by Gasteiger charge is -2.35. The lowest BCUT2D eigenvalue weighted by Crippen LogP contribution is -2.49. The maximum absolute atomic E-state index is 12.9. The van der Waals surface area contributed by atoms with Crippen LogP contribution in [0.1, 0.15) is 11.1 Å². The van der Waals surface area contributed by atoms with Crippen molar-refractivity contribution in [2.75, 3.05) is 26.2 Å². The van der Waals surface area contributed by atoms with Crippen LogP contribution in [0.5, 0.6) is 0 Å². The van der Waals surface area contributed by atoms with E-state index in [2.05, 4.69) is 46.3 Å². The molecular formula is C20H23N5OS2. The highest BCUT2D eigenvalue weighted by molar-refractivity contribution is 7.71. The van der Waals surface area contributed by atoms with Gasteiger partial charge in [0.25, 0.3) is 0 Å². The Hall–Kier alpha value is -2.29. The number of aromatic nitrogens is 3. The fourth-order valence-electron chi connectivity index (χ4n) is 3.52. The number of nitrogens with zero attached hydrogens (tertiary/aromatic N) is 4. The minimum absolute atomic E-state index is 0.0884. The van der Waals surface area contributed by atoms with Crippen LogP contribution in [0.3, 0.4) is 0 Å². The molecular weight excluding hydrogens is 390 g/mol. The predicted octanol–water partition coefficient (Wildman–Crippen LogP) is 3.32. The predicted molar refractivity (Wildman–Crippen MR) is 114 cm³/mol. The Labute approximate surface area is 173 Å². The minimum atomic E-state index is 0.0884. The van der Waals surface area contributed by atoms with Gasteiger partial charge in [0, 0.05) is 32.7 Å². The first kappa shape index (κ1) is 19.0. The van der Waals surface area contributed by atoms with E-state index in [1.165, 1.54) is 11.1 Å². The highest BCUT2D eigenvalue weighted by atomic mass is 32.1. The van der Waals surface area contributed by atoms with Crippen LogP contribution in [0, 0.1) is 11.7 Å². The van der Waals surface area contributed by atoms with E-state index >= 15 is 0 Å². The first-order valence-electron chi connectivity index (χ1n) is 9.35. The monoisotopic (exact) mass is 413 g/mol. The molecule has 1 aliphatic rings. The van der Waals surface area contributed by atoms with Gasteiger partial charge in [0.05, 0.1) is 4.88 Å². The first-order valence-corrected chi connectivity index (χ1v) is 10.6. The van der Waals surface area contributed by atoms with Crippen molar-refractivity contribution in [1.29, 1.82) is 0 Å². The average molecular weight is 414 g/mol. The van der Waals surface area contributed by atoms with Crippen LogP contribution in [0.4, 0.5) is 0 Å². The Balaban J connectivity index is 1.36. The molecule has 0 saturated carbocycles. The van der Waals surface area contributed by atoms with Crippen LogP contribution in [0.2, 0.25) is 0 Å². The lowest BCUT2D eigenvalue weighted by molar-refractivity contribution is -0.133. The number of hydrogen-bond acceptors (Lipinski definition) is 5. The van der Waals surface area contributed by atoms with Gasteiger partial charge in [0.2, 0.25) is 5.91 Å². The van der Waals surface area contributed by atoms with E-state index in [1.54, 1.807) is 15.9 Å². The number of benzene rings is 1. The zero-order valence-electron chi connectivity index (χ0n) is 15.8. The summed E-state index contributed by atoms with van der Waals surface area (Å²) in [6.45, 7) is 6.52. The molecule has 1 N–H and O–H groups in total. The topological polar surface area (TPSA) is 57.2 Å². The fraction of sp³-hybridized carbons (Fsp3) is 0.350. The summed E-state index contributed by atoms with van der Waals surface area (Å²) in [7, 11) is 0. The second-order valence-corrected chi connectivity index (χ2v) is 8.40. The van der Waals surface area contributed by atoms with Gasteiger partial charge in [-0.2, -0.15) is 5.10 Å². The molecule has 4 rings (SSSR count). The molecule has 1 amide bonds. The van der Waals surface area contributed by atoms with Gasteiger partial charge in [0.1, 0.15) is 6.54 Å². The zero-order chi connectivity index (χ0) is 19.5. The number of hydrogen-bond donors (Lipinski definition) is 1. The molecule has 0 atom stereocenters. The van der Waals surface area contributed by atoms with E-state index in [0.29, 0.717) is 4.77 Å². The van der Waals surface area contributed by atoms with Gasteiger partial charge in [-0.15, -0.1) is 11.3 Å². The first-order chi connectivity index (χ1) is 13.6. The minimum Gasteiger partial charge on any atom is -0.339 e. The number of thiophene rings is 1. The summed E-state index contributed by atoms with van der Waals surface area (Å²) in [6, 6.07) is 12.6. The van der Waals surface area contributed by atoms with Gasteiger partial charge in [-0.1, -0.05) is 35.9 Å². The number of aromatic amines is 1. The number of amides is 1. The Morgan fingerprint density at radius 3 is 2.75 bits per heavy atom. The van der Waals surface area contributed by atoms with E-state index in [9.17, 15) is 4.79 Å². The number of nitrogens with one attached hydrogen (secondary N) is 1. The van der Waals surface area contributed by atoms with Gasteiger partial charge in [-0.3, -0.25) is 19.4 Å². The molecule has 146 valence electrons. The van der Waals surface area contributed by atoms with Gasteiger partial charge in [0.15, 0.2) is 10.6 Å². The van der Waals surface area contributed by atoms with Crippen LogP contribution < -0.4 is 0 Å². The summed E-state index contributed by atoms with van der Waals surface area (Å²) in [4.78, 5) is 18.2. The van der Waals surface area contributed by atoms with Crippen molar-refractivity contribution in [1.82, 2.24) is 24.6 Å². The summed E-state index contributed by atoms with van der Waals surface area (Å²) < 4.78 is 2.28. The lowest BCUT2D eigenvalue weighted by atomic mass is 10.1. The quantitative estimate of drug-likeness (QED) is 0.652. The molecule has 3 aromatic rings. The van der Waals surface area contributed by atoms with Gasteiger partial charge >= 0.3 is 0 Å². The van der Waals surface area contributed by atoms with Crippen LogP contribution in [-0.2, 0) is 17.9 Å². The third kappa shape index (κ3) is 4.24. The van der Waals surface area contributed by atoms with E-state index in [-0.39, 0.29) is 12.5 Å². The third-order valence-electron chi connectivity index (χ3n) is 5.01. The van der Waals surface area contributed by atoms with Gasteiger partial charge in [-0.05, 0) is 36.2 Å². The molecule has 8 heteroatoms. The second kappa shape index (κ2) is 8.38. The molecule has 0 unspecified atom stereocenters. The molecule has 1 aliphatic heterocycles. The molecule has 6 nitrogen and oxygen atoms in total. The zero-order valence-corrected chi connectivity index (χ0v) is 17.4. The molecule has 1 aromatic carbocycles. The Bertz CT molecular complexity index is 1000. The molecule has 0 aliphatic carbocycles. The maximum atomic E-state index is 12.9. The molecule has 0 bridgehead atoms. The smallest absolute Gasteiger partial charge is 0.242 e. The molecule has 2 aromatic heterocycles. The standard InChI is InChI=1S/C20H23N5OS2/c1-15-4-2-5-16(12-15)13-23-7-9-24(10-8-23)18(26)14-25-19(21-22-20(25)27)17-6-3-11-28-17/h2-6,11-12H,7-10,13-14H2,1H3,(H,22,27). The van der Waals surface area contributed by atoms with Crippen molar-refractivity contribution >= 4 is 29.5 Å². The third-order valence-corrected chi connectivity index (χ3v) is 6.18. The van der Waals surface area contributed by atoms with Crippen LogP contribution in [-0.4, -0.2) is 56.7 Å². The van der Waals surface area contributed by atoms with Gasteiger partial charge < -0.3 is 4.90 Å². The van der Waals surface area contributed by atoms with Crippen molar-refractivity contribution in [2.24, 2.45) is 0 Å². The van der Waals surface area contributed by atoms with E-state index < -0.39 is 0 Å². The molecule has 28 heavy (non-hydrogen) atoms. The molecule has 1 fully saturated rings. The average Bonchev–Trinajstić information content (AvgIpc) is 3.33. The van der Waals surface area contributed by atoms with Crippen molar-refractivity contribution in [2.45, 2.75) is 20.0 Å². The number of carbonyl (C=O) groups excluding carboxylic acids is 1. The van der Waals surface area contributed by atoms with Crippen LogP contribution >= 0.6 is 23.6 Å². The molecule has 0 spiro atoms. The van der Waals surface area contributed by atoms with Gasteiger partial charge in [-0.25, -0.2) is 0 Å². The fourth-order valence-corrected chi connectivity index (χ4v) is 4.44. The summed E-state index contributed by atoms with van der Waals surface area (Å²) in [5.74, 6) is 0.817. The number of H-pyrrole nitrogens is 1. The Kier molecular flexibility index (Phi) is 5.70. The molecule has 0 radical (unpaired) electrons. The SMILES string of the molecule is Cc1cccc(CN2CCN(C(=O)Cn3c(-c4cccs4)n[nH]c3=S)CC2)c1. The van der Waals surface area contributed by atoms with E-state index in [4.69, 9.17) is 12.2 Å². The highest BCUT2D eigenvalue weighted by Crippen LogP contribution is 2.23. The Morgan fingerprint density at radius 2 is 2.04 bits per heavy atom. The summed E-state index contributed by atoms with van der Waals surface area (Å²) in [5.41, 5.74) is 2.61. The maximum Gasteiger partial charge on any atom is 0.242 e. The largest absolute Gasteiger partial charge is 0.339 e. The number of aryl methyl sites for hydroxylation is 1. The van der Waals surface area contributed by atoms with Crippen molar-refractivity contribution < 1.29 is 4.79 Å². The summed E-state index contributed by atoms with van der Waals surface area (Å²) in [5, 5.41) is 9.11. The summed E-state index contributed by atoms with van der Waals surface area (Å²) >= 11 is 6.93. The van der Waals surface area contributed by atoms with Crippen molar-refractivity contribution in [3.05, 3.63) is 57.7 Å².